The van der Waals surface area contributed by atoms with Gasteiger partial charge >= 0.3 is 0 Å². The molecule has 0 saturated heterocycles. The Morgan fingerprint density at radius 2 is 1.12 bits per heavy atom. The summed E-state index contributed by atoms with van der Waals surface area (Å²) < 4.78 is 0. The fraction of sp³-hybridized carbons (Fsp3) is 0.739. The van der Waals surface area contributed by atoms with Crippen molar-refractivity contribution < 1.29 is 9.59 Å². The molecule has 4 fully saturated rings. The molecule has 0 radical (unpaired) electrons. The number of hydrogen-bond donors (Lipinski definition) is 0. The quantitative estimate of drug-likeness (QED) is 0.641. The second-order valence-corrected chi connectivity index (χ2v) is 10.5. The summed E-state index contributed by atoms with van der Waals surface area (Å²) in [6.45, 7) is 13.3. The number of carbonyl (C=O) groups is 2. The molecule has 0 aromatic heterocycles. The Morgan fingerprint density at radius 1 is 0.760 bits per heavy atom. The molecule has 0 aliphatic heterocycles. The molecule has 136 valence electrons. The van der Waals surface area contributed by atoms with Crippen LogP contribution in [0.25, 0.3) is 0 Å². The molecule has 0 heterocycles. The zero-order valence-corrected chi connectivity index (χ0v) is 16.7. The molecular weight excluding hydrogens is 308 g/mol. The topological polar surface area (TPSA) is 34.1 Å². The number of ketones is 2. The number of Topliss-reactive ketones (excluding diaryl/α,β-unsaturated/α-hetero) is 2. The number of rotatable bonds is 2. The summed E-state index contributed by atoms with van der Waals surface area (Å²) in [7, 11) is 0. The largest absolute Gasteiger partial charge is 0.294 e. The van der Waals surface area contributed by atoms with Gasteiger partial charge in [-0.05, 0) is 65.9 Å². The molecule has 25 heavy (non-hydrogen) atoms. The van der Waals surface area contributed by atoms with Crippen LogP contribution in [0.15, 0.2) is 23.3 Å². The molecule has 2 heteroatoms. The van der Waals surface area contributed by atoms with Crippen molar-refractivity contribution in [3.8, 4) is 0 Å². The Labute approximate surface area is 152 Å². The van der Waals surface area contributed by atoms with E-state index in [1.807, 2.05) is 0 Å². The smallest absolute Gasteiger partial charge is 0.165 e. The van der Waals surface area contributed by atoms with E-state index in [1.54, 1.807) is 0 Å². The summed E-state index contributed by atoms with van der Waals surface area (Å²) in [5.41, 5.74) is 1.85. The van der Waals surface area contributed by atoms with Crippen LogP contribution in [-0.2, 0) is 9.59 Å². The first kappa shape index (κ1) is 17.2. The van der Waals surface area contributed by atoms with Crippen LogP contribution in [0.3, 0.4) is 0 Å². The molecule has 2 nitrogen and oxygen atoms in total. The molecule has 4 rings (SSSR count). The predicted molar refractivity (Wildman–Crippen MR) is 100 cm³/mol. The second-order valence-electron chi connectivity index (χ2n) is 10.5. The van der Waals surface area contributed by atoms with E-state index in [1.165, 1.54) is 0 Å². The van der Waals surface area contributed by atoms with Crippen molar-refractivity contribution in [3.05, 3.63) is 23.3 Å². The van der Waals surface area contributed by atoms with Gasteiger partial charge in [-0.3, -0.25) is 9.59 Å². The maximum absolute atomic E-state index is 12.9. The lowest BCUT2D eigenvalue weighted by atomic mass is 9.70. The number of carbonyl (C=O) groups excluding carboxylic acids is 2. The molecule has 4 aliphatic rings. The Bertz CT molecular complexity index is 673. The second kappa shape index (κ2) is 4.75. The Balaban J connectivity index is 1.60. The van der Waals surface area contributed by atoms with E-state index >= 15 is 0 Å². The number of hydrogen-bond acceptors (Lipinski definition) is 2. The van der Waals surface area contributed by atoms with E-state index in [0.717, 1.165) is 43.3 Å². The minimum Gasteiger partial charge on any atom is -0.294 e. The van der Waals surface area contributed by atoms with Crippen LogP contribution in [0.1, 0.15) is 73.6 Å². The Hall–Kier alpha value is -1.18. The van der Waals surface area contributed by atoms with E-state index in [2.05, 4.69) is 53.7 Å². The Morgan fingerprint density at radius 3 is 1.40 bits per heavy atom. The summed E-state index contributed by atoms with van der Waals surface area (Å²) in [5, 5.41) is 0. The molecule has 4 atom stereocenters. The van der Waals surface area contributed by atoms with Gasteiger partial charge in [0, 0.05) is 10.8 Å². The predicted octanol–water partition coefficient (Wildman–Crippen LogP) is 5.28. The summed E-state index contributed by atoms with van der Waals surface area (Å²) >= 11 is 0. The van der Waals surface area contributed by atoms with Crippen LogP contribution in [-0.4, -0.2) is 11.6 Å². The van der Waals surface area contributed by atoms with Gasteiger partial charge in [0.25, 0.3) is 0 Å². The van der Waals surface area contributed by atoms with Gasteiger partial charge in [-0.1, -0.05) is 53.7 Å². The van der Waals surface area contributed by atoms with E-state index in [4.69, 9.17) is 0 Å². The SMILES string of the molecule is CC12CCC(/C(=C/C/C=C3\C(=O)C4(C)CCC3C4(C)C)C1=O)C2(C)C. The maximum Gasteiger partial charge on any atom is 0.165 e. The highest BCUT2D eigenvalue weighted by Gasteiger charge is 2.64. The van der Waals surface area contributed by atoms with Gasteiger partial charge in [0.2, 0.25) is 0 Å². The van der Waals surface area contributed by atoms with E-state index in [-0.39, 0.29) is 21.7 Å². The highest BCUT2D eigenvalue weighted by Crippen LogP contribution is 2.66. The summed E-state index contributed by atoms with van der Waals surface area (Å²) in [4.78, 5) is 25.8. The highest BCUT2D eigenvalue weighted by atomic mass is 16.1. The molecule has 4 bridgehead atoms. The Kier molecular flexibility index (Phi) is 3.28. The molecule has 0 aromatic carbocycles. The molecule has 0 aromatic rings. The summed E-state index contributed by atoms with van der Waals surface area (Å²) in [6, 6.07) is 0. The van der Waals surface area contributed by atoms with E-state index in [9.17, 15) is 9.59 Å². The molecule has 0 amide bonds. The van der Waals surface area contributed by atoms with Crippen LogP contribution >= 0.6 is 0 Å². The van der Waals surface area contributed by atoms with Crippen molar-refractivity contribution in [2.45, 2.75) is 73.6 Å². The van der Waals surface area contributed by atoms with Gasteiger partial charge in [0.1, 0.15) is 0 Å². The average molecular weight is 341 g/mol. The minimum absolute atomic E-state index is 0.0702. The van der Waals surface area contributed by atoms with Gasteiger partial charge in [-0.15, -0.1) is 0 Å². The van der Waals surface area contributed by atoms with Gasteiger partial charge < -0.3 is 0 Å². The third-order valence-corrected chi connectivity index (χ3v) is 9.41. The molecule has 4 aliphatic carbocycles. The fourth-order valence-corrected chi connectivity index (χ4v) is 6.64. The average Bonchev–Trinajstić information content (AvgIpc) is 3.01. The third-order valence-electron chi connectivity index (χ3n) is 9.41. The first-order valence-electron chi connectivity index (χ1n) is 9.98. The first-order valence-corrected chi connectivity index (χ1v) is 9.98. The van der Waals surface area contributed by atoms with Gasteiger partial charge in [-0.2, -0.15) is 0 Å². The normalized spacial score (nSPS) is 46.8. The molecule has 0 spiro atoms. The summed E-state index contributed by atoms with van der Waals surface area (Å²) in [6.07, 6.45) is 9.31. The zero-order chi connectivity index (χ0) is 18.4. The van der Waals surface area contributed by atoms with Crippen LogP contribution in [0.4, 0.5) is 0 Å². The number of fused-ring (bicyclic) bond motifs is 4. The van der Waals surface area contributed by atoms with Crippen molar-refractivity contribution in [2.24, 2.45) is 33.5 Å². The number of allylic oxidation sites excluding steroid dienone is 4. The lowest BCUT2D eigenvalue weighted by molar-refractivity contribution is -0.126. The first-order chi connectivity index (χ1) is 11.5. The van der Waals surface area contributed by atoms with Crippen LogP contribution in [0.2, 0.25) is 0 Å². The third kappa shape index (κ3) is 1.77. The lowest BCUT2D eigenvalue weighted by Gasteiger charge is -2.31. The summed E-state index contributed by atoms with van der Waals surface area (Å²) in [5.74, 6) is 1.51. The van der Waals surface area contributed by atoms with Crippen molar-refractivity contribution in [3.63, 3.8) is 0 Å². The van der Waals surface area contributed by atoms with E-state index < -0.39 is 0 Å². The van der Waals surface area contributed by atoms with Crippen molar-refractivity contribution in [1.29, 1.82) is 0 Å². The van der Waals surface area contributed by atoms with Gasteiger partial charge in [0.15, 0.2) is 11.6 Å². The van der Waals surface area contributed by atoms with Crippen LogP contribution in [0, 0.1) is 33.5 Å². The van der Waals surface area contributed by atoms with E-state index in [0.29, 0.717) is 23.4 Å². The lowest BCUT2D eigenvalue weighted by Crippen LogP contribution is -2.32. The van der Waals surface area contributed by atoms with Crippen molar-refractivity contribution in [1.82, 2.24) is 0 Å². The minimum atomic E-state index is -0.186. The van der Waals surface area contributed by atoms with Crippen molar-refractivity contribution in [2.75, 3.05) is 0 Å². The fourth-order valence-electron chi connectivity index (χ4n) is 6.64. The molecule has 0 N–H and O–H groups in total. The highest BCUT2D eigenvalue weighted by molar-refractivity contribution is 6.05. The van der Waals surface area contributed by atoms with Crippen LogP contribution in [0.5, 0.6) is 0 Å². The molecule has 4 saturated carbocycles. The van der Waals surface area contributed by atoms with Gasteiger partial charge in [-0.25, -0.2) is 0 Å². The van der Waals surface area contributed by atoms with Crippen molar-refractivity contribution >= 4 is 11.6 Å². The standard InChI is InChI=1S/C23H32O2/c1-20(2)16-10-12-22(20,5)18(24)14(16)8-7-9-15-17-11-13-23(6,19(15)25)21(17,3)4/h8-9,16-17H,7,10-13H2,1-6H3/b14-8-,15-9-. The zero-order valence-electron chi connectivity index (χ0n) is 16.7. The molecule has 4 unspecified atom stereocenters. The monoisotopic (exact) mass is 340 g/mol. The maximum atomic E-state index is 12.9. The van der Waals surface area contributed by atoms with Gasteiger partial charge in [0.05, 0.1) is 0 Å². The molecular formula is C23H32O2. The van der Waals surface area contributed by atoms with Crippen LogP contribution < -0.4 is 0 Å².